The number of halogens is 2. The smallest absolute Gasteiger partial charge is 0.315 e. The van der Waals surface area contributed by atoms with Gasteiger partial charge in [-0.15, -0.1) is 0 Å². The third-order valence-electron chi connectivity index (χ3n) is 2.60. The second kappa shape index (κ2) is 6.12. The van der Waals surface area contributed by atoms with Crippen molar-refractivity contribution in [1.82, 2.24) is 21.5 Å². The van der Waals surface area contributed by atoms with Gasteiger partial charge in [-0.1, -0.05) is 15.9 Å². The van der Waals surface area contributed by atoms with E-state index in [1.54, 1.807) is 12.1 Å². The largest absolute Gasteiger partial charge is 0.334 e. The van der Waals surface area contributed by atoms with Crippen LogP contribution in [0.1, 0.15) is 5.56 Å². The van der Waals surface area contributed by atoms with Gasteiger partial charge in [-0.05, 0) is 18.2 Å². The fraction of sp³-hybridized carbons (Fsp3) is 0.364. The number of rotatable bonds is 3. The van der Waals surface area contributed by atoms with Crippen LogP contribution in [0.15, 0.2) is 22.7 Å². The van der Waals surface area contributed by atoms with Gasteiger partial charge >= 0.3 is 6.03 Å². The van der Waals surface area contributed by atoms with Gasteiger partial charge in [0.05, 0.1) is 6.04 Å². The van der Waals surface area contributed by atoms with E-state index in [1.807, 2.05) is 0 Å². The van der Waals surface area contributed by atoms with Crippen LogP contribution in [0.25, 0.3) is 0 Å². The Hall–Kier alpha value is -1.18. The van der Waals surface area contributed by atoms with Crippen LogP contribution in [0.4, 0.5) is 9.18 Å². The molecule has 1 aromatic rings. The second-order valence-electron chi connectivity index (χ2n) is 4.02. The molecule has 18 heavy (non-hydrogen) atoms. The predicted molar refractivity (Wildman–Crippen MR) is 69.3 cm³/mol. The van der Waals surface area contributed by atoms with Crippen molar-refractivity contribution in [3.63, 3.8) is 0 Å². The zero-order chi connectivity index (χ0) is 13.0. The summed E-state index contributed by atoms with van der Waals surface area (Å²) in [6.07, 6.45) is 0. The maximum atomic E-state index is 13.4. The predicted octanol–water partition coefficient (Wildman–Crippen LogP) is 0.864. The van der Waals surface area contributed by atoms with Gasteiger partial charge in [0.2, 0.25) is 0 Å². The topological polar surface area (TPSA) is 65.2 Å². The zero-order valence-corrected chi connectivity index (χ0v) is 11.2. The summed E-state index contributed by atoms with van der Waals surface area (Å²) in [5, 5.41) is 5.40. The SMILES string of the molecule is O=C(NCc1cc(Br)ccc1F)NC1CNNC1. The zero-order valence-electron chi connectivity index (χ0n) is 9.59. The normalized spacial score (nSPS) is 15.7. The van der Waals surface area contributed by atoms with Gasteiger partial charge < -0.3 is 10.6 Å². The fourth-order valence-electron chi connectivity index (χ4n) is 1.66. The third kappa shape index (κ3) is 3.66. The first-order valence-corrected chi connectivity index (χ1v) is 6.38. The van der Waals surface area contributed by atoms with Gasteiger partial charge in [-0.3, -0.25) is 10.9 Å². The summed E-state index contributed by atoms with van der Waals surface area (Å²) in [5.74, 6) is -0.331. The van der Waals surface area contributed by atoms with Crippen LogP contribution < -0.4 is 21.5 Å². The summed E-state index contributed by atoms with van der Waals surface area (Å²) in [4.78, 5) is 11.6. The number of urea groups is 1. The van der Waals surface area contributed by atoms with Crippen molar-refractivity contribution in [3.05, 3.63) is 34.1 Å². The van der Waals surface area contributed by atoms with Crippen molar-refractivity contribution in [1.29, 1.82) is 0 Å². The molecule has 0 radical (unpaired) electrons. The minimum absolute atomic E-state index is 0.0531. The molecule has 1 fully saturated rings. The van der Waals surface area contributed by atoms with Crippen LogP contribution in [-0.2, 0) is 6.54 Å². The molecule has 0 bridgehead atoms. The van der Waals surface area contributed by atoms with Crippen LogP contribution >= 0.6 is 15.9 Å². The molecule has 1 aliphatic rings. The average molecular weight is 317 g/mol. The van der Waals surface area contributed by atoms with E-state index in [4.69, 9.17) is 0 Å². The lowest BCUT2D eigenvalue weighted by Gasteiger charge is -2.12. The van der Waals surface area contributed by atoms with E-state index in [0.29, 0.717) is 18.7 Å². The maximum absolute atomic E-state index is 13.4. The number of hydrazine groups is 1. The first-order valence-electron chi connectivity index (χ1n) is 5.59. The molecule has 1 heterocycles. The van der Waals surface area contributed by atoms with Gasteiger partial charge in [-0.25, -0.2) is 9.18 Å². The van der Waals surface area contributed by atoms with E-state index < -0.39 is 0 Å². The van der Waals surface area contributed by atoms with Gasteiger partial charge in [-0.2, -0.15) is 0 Å². The Bertz CT molecular complexity index is 437. The quantitative estimate of drug-likeness (QED) is 0.669. The summed E-state index contributed by atoms with van der Waals surface area (Å²) < 4.78 is 14.2. The highest BCUT2D eigenvalue weighted by Crippen LogP contribution is 2.15. The molecular formula is C11H14BrFN4O. The van der Waals surface area contributed by atoms with Crippen molar-refractivity contribution >= 4 is 22.0 Å². The highest BCUT2D eigenvalue weighted by atomic mass is 79.9. The van der Waals surface area contributed by atoms with Crippen LogP contribution in [-0.4, -0.2) is 25.2 Å². The number of hydrogen-bond acceptors (Lipinski definition) is 3. The summed E-state index contributed by atoms with van der Waals surface area (Å²) in [6.45, 7) is 1.52. The van der Waals surface area contributed by atoms with E-state index in [-0.39, 0.29) is 24.4 Å². The Kier molecular flexibility index (Phi) is 4.51. The van der Waals surface area contributed by atoms with E-state index in [2.05, 4.69) is 37.4 Å². The highest BCUT2D eigenvalue weighted by Gasteiger charge is 2.16. The van der Waals surface area contributed by atoms with Gasteiger partial charge in [0, 0.05) is 29.7 Å². The Morgan fingerprint density at radius 1 is 1.44 bits per heavy atom. The molecule has 1 saturated heterocycles. The van der Waals surface area contributed by atoms with E-state index >= 15 is 0 Å². The number of carbonyl (C=O) groups excluding carboxylic acids is 1. The van der Waals surface area contributed by atoms with Crippen LogP contribution in [0, 0.1) is 5.82 Å². The molecule has 2 rings (SSSR count). The number of amides is 2. The molecule has 0 aliphatic carbocycles. The third-order valence-corrected chi connectivity index (χ3v) is 3.10. The lowest BCUT2D eigenvalue weighted by molar-refractivity contribution is 0.237. The van der Waals surface area contributed by atoms with E-state index in [0.717, 1.165) is 4.47 Å². The average Bonchev–Trinajstić information content (AvgIpc) is 2.83. The Morgan fingerprint density at radius 3 is 2.89 bits per heavy atom. The molecule has 5 nitrogen and oxygen atoms in total. The van der Waals surface area contributed by atoms with Gasteiger partial charge in [0.15, 0.2) is 0 Å². The summed E-state index contributed by atoms with van der Waals surface area (Å²) in [7, 11) is 0. The van der Waals surface area contributed by atoms with Gasteiger partial charge in [0.1, 0.15) is 5.82 Å². The van der Waals surface area contributed by atoms with Crippen LogP contribution in [0.3, 0.4) is 0 Å². The first kappa shape index (κ1) is 13.3. The highest BCUT2D eigenvalue weighted by molar-refractivity contribution is 9.10. The molecule has 0 unspecified atom stereocenters. The Morgan fingerprint density at radius 2 is 2.17 bits per heavy atom. The number of carbonyl (C=O) groups is 1. The molecule has 0 spiro atoms. The standard InChI is InChI=1S/C11H14BrFN4O/c12-8-1-2-10(13)7(3-8)4-14-11(18)17-9-5-15-16-6-9/h1-3,9,15-16H,4-6H2,(H2,14,17,18). The molecule has 4 N–H and O–H groups in total. The molecule has 1 aromatic carbocycles. The summed E-state index contributed by atoms with van der Waals surface area (Å²) in [5.41, 5.74) is 6.27. The summed E-state index contributed by atoms with van der Waals surface area (Å²) >= 11 is 3.26. The Balaban J connectivity index is 1.83. The minimum Gasteiger partial charge on any atom is -0.334 e. The van der Waals surface area contributed by atoms with Crippen LogP contribution in [0.5, 0.6) is 0 Å². The fourth-order valence-corrected chi connectivity index (χ4v) is 2.06. The monoisotopic (exact) mass is 316 g/mol. The number of hydrogen-bond donors (Lipinski definition) is 4. The second-order valence-corrected chi connectivity index (χ2v) is 4.94. The molecule has 1 aliphatic heterocycles. The van der Waals surface area contributed by atoms with Crippen molar-refractivity contribution in [3.8, 4) is 0 Å². The number of nitrogens with one attached hydrogen (secondary N) is 4. The lowest BCUT2D eigenvalue weighted by atomic mass is 10.2. The molecular weight excluding hydrogens is 303 g/mol. The molecule has 0 aromatic heterocycles. The van der Waals surface area contributed by atoms with Crippen molar-refractivity contribution < 1.29 is 9.18 Å². The minimum atomic E-state index is -0.331. The van der Waals surface area contributed by atoms with Crippen molar-refractivity contribution in [2.75, 3.05) is 13.1 Å². The lowest BCUT2D eigenvalue weighted by Crippen LogP contribution is -2.44. The molecule has 7 heteroatoms. The van der Waals surface area contributed by atoms with Gasteiger partial charge in [0.25, 0.3) is 0 Å². The molecule has 0 saturated carbocycles. The molecule has 2 amide bonds. The van der Waals surface area contributed by atoms with E-state index in [1.165, 1.54) is 6.07 Å². The number of benzene rings is 1. The van der Waals surface area contributed by atoms with Crippen molar-refractivity contribution in [2.45, 2.75) is 12.6 Å². The maximum Gasteiger partial charge on any atom is 0.315 e. The van der Waals surface area contributed by atoms with E-state index in [9.17, 15) is 9.18 Å². The van der Waals surface area contributed by atoms with Crippen LogP contribution in [0.2, 0.25) is 0 Å². The Labute approximate surface area is 113 Å². The van der Waals surface area contributed by atoms with Crippen molar-refractivity contribution in [2.24, 2.45) is 0 Å². The molecule has 0 atom stereocenters. The molecule has 98 valence electrons. The summed E-state index contributed by atoms with van der Waals surface area (Å²) in [6, 6.07) is 4.38. The first-order chi connectivity index (χ1) is 8.65.